The minimum absolute atomic E-state index is 0.271. The fourth-order valence-electron chi connectivity index (χ4n) is 1.95. The minimum Gasteiger partial charge on any atom is -0.492 e. The predicted molar refractivity (Wildman–Crippen MR) is 106 cm³/mol. The Labute approximate surface area is 162 Å². The number of nitrogens with one attached hydrogen (secondary N) is 1. The third-order valence-corrected chi connectivity index (χ3v) is 4.35. The molecular weight excluding hydrogens is 487 g/mol. The van der Waals surface area contributed by atoms with E-state index in [9.17, 15) is 4.79 Å². The highest BCUT2D eigenvalue weighted by molar-refractivity contribution is 14.1. The van der Waals surface area contributed by atoms with Crippen LogP contribution in [-0.4, -0.2) is 25.8 Å². The molecule has 2 rings (SSSR count). The summed E-state index contributed by atoms with van der Waals surface area (Å²) in [4.78, 5) is 12.0. The molecule has 0 unspecified atom stereocenters. The van der Waals surface area contributed by atoms with Crippen molar-refractivity contribution in [3.05, 3.63) is 55.6 Å². The Kier molecular flexibility index (Phi) is 7.04. The van der Waals surface area contributed by atoms with Gasteiger partial charge < -0.3 is 9.47 Å². The quantitative estimate of drug-likeness (QED) is 0.365. The monoisotopic (exact) mass is 502 g/mol. The van der Waals surface area contributed by atoms with Crippen LogP contribution in [0.2, 0.25) is 0 Å². The van der Waals surface area contributed by atoms with Crippen molar-refractivity contribution in [1.29, 1.82) is 0 Å². The van der Waals surface area contributed by atoms with Gasteiger partial charge in [-0.2, -0.15) is 5.10 Å². The summed E-state index contributed by atoms with van der Waals surface area (Å²) in [6.45, 7) is 2.44. The van der Waals surface area contributed by atoms with Gasteiger partial charge in [-0.3, -0.25) is 4.79 Å². The molecule has 0 atom stereocenters. The van der Waals surface area contributed by atoms with Crippen molar-refractivity contribution in [1.82, 2.24) is 5.43 Å². The molecule has 24 heavy (non-hydrogen) atoms. The Balaban J connectivity index is 2.11. The SMILES string of the molecule is CCOc1cc(/C=N\NC(=O)c2ccc(Br)cc2)cc(I)c1OC. The van der Waals surface area contributed by atoms with Crippen LogP contribution in [0.15, 0.2) is 46.0 Å². The fourth-order valence-corrected chi connectivity index (χ4v) is 3.06. The van der Waals surface area contributed by atoms with Gasteiger partial charge in [-0.1, -0.05) is 15.9 Å². The first-order valence-electron chi connectivity index (χ1n) is 7.14. The van der Waals surface area contributed by atoms with Gasteiger partial charge in [-0.15, -0.1) is 0 Å². The van der Waals surface area contributed by atoms with Crippen molar-refractivity contribution in [2.45, 2.75) is 6.92 Å². The molecule has 0 heterocycles. The molecule has 2 aromatic carbocycles. The van der Waals surface area contributed by atoms with Gasteiger partial charge in [0.15, 0.2) is 11.5 Å². The van der Waals surface area contributed by atoms with E-state index in [2.05, 4.69) is 49.0 Å². The Hall–Kier alpha value is -1.61. The van der Waals surface area contributed by atoms with E-state index in [1.807, 2.05) is 19.1 Å². The number of hydrazone groups is 1. The summed E-state index contributed by atoms with van der Waals surface area (Å²) in [6.07, 6.45) is 1.57. The molecule has 0 spiro atoms. The third-order valence-electron chi connectivity index (χ3n) is 3.02. The molecule has 1 N–H and O–H groups in total. The number of methoxy groups -OCH3 is 1. The van der Waals surface area contributed by atoms with Crippen LogP contribution in [0.1, 0.15) is 22.8 Å². The number of amides is 1. The molecule has 126 valence electrons. The summed E-state index contributed by atoms with van der Waals surface area (Å²) in [5.41, 5.74) is 3.85. The minimum atomic E-state index is -0.271. The van der Waals surface area contributed by atoms with E-state index in [1.165, 1.54) is 0 Å². The van der Waals surface area contributed by atoms with E-state index >= 15 is 0 Å². The van der Waals surface area contributed by atoms with Crippen LogP contribution in [0.4, 0.5) is 0 Å². The van der Waals surface area contributed by atoms with Crippen LogP contribution in [0.25, 0.3) is 0 Å². The molecule has 0 saturated heterocycles. The molecule has 7 heteroatoms. The number of ether oxygens (including phenoxy) is 2. The Bertz CT molecular complexity index is 748. The summed E-state index contributed by atoms with van der Waals surface area (Å²) in [7, 11) is 1.60. The van der Waals surface area contributed by atoms with E-state index in [-0.39, 0.29) is 5.91 Å². The van der Waals surface area contributed by atoms with Crippen LogP contribution >= 0.6 is 38.5 Å². The van der Waals surface area contributed by atoms with Crippen LogP contribution in [0.3, 0.4) is 0 Å². The maximum absolute atomic E-state index is 12.0. The number of hydrogen-bond acceptors (Lipinski definition) is 4. The lowest BCUT2D eigenvalue weighted by Gasteiger charge is -2.11. The van der Waals surface area contributed by atoms with Crippen molar-refractivity contribution in [2.75, 3.05) is 13.7 Å². The number of rotatable bonds is 6. The second kappa shape index (κ2) is 9.03. The Morgan fingerprint density at radius 2 is 2.04 bits per heavy atom. The fraction of sp³-hybridized carbons (Fsp3) is 0.176. The number of carbonyl (C=O) groups excluding carboxylic acids is 1. The van der Waals surface area contributed by atoms with E-state index in [0.29, 0.717) is 23.7 Å². The van der Waals surface area contributed by atoms with E-state index in [0.717, 1.165) is 13.6 Å². The summed E-state index contributed by atoms with van der Waals surface area (Å²) >= 11 is 5.50. The lowest BCUT2D eigenvalue weighted by atomic mass is 10.2. The van der Waals surface area contributed by atoms with Gasteiger partial charge in [0.25, 0.3) is 5.91 Å². The number of carbonyl (C=O) groups is 1. The molecule has 0 saturated carbocycles. The van der Waals surface area contributed by atoms with Crippen molar-refractivity contribution in [2.24, 2.45) is 5.10 Å². The smallest absolute Gasteiger partial charge is 0.271 e. The van der Waals surface area contributed by atoms with Crippen LogP contribution < -0.4 is 14.9 Å². The van der Waals surface area contributed by atoms with Crippen molar-refractivity contribution < 1.29 is 14.3 Å². The summed E-state index contributed by atoms with van der Waals surface area (Å²) in [5.74, 6) is 1.06. The first-order valence-corrected chi connectivity index (χ1v) is 9.01. The highest BCUT2D eigenvalue weighted by Crippen LogP contribution is 2.33. The molecule has 0 aliphatic heterocycles. The second-order valence-electron chi connectivity index (χ2n) is 4.67. The molecule has 5 nitrogen and oxygen atoms in total. The van der Waals surface area contributed by atoms with Crippen LogP contribution in [0.5, 0.6) is 11.5 Å². The lowest BCUT2D eigenvalue weighted by molar-refractivity contribution is 0.0955. The van der Waals surface area contributed by atoms with Crippen molar-refractivity contribution in [3.8, 4) is 11.5 Å². The van der Waals surface area contributed by atoms with Gasteiger partial charge >= 0.3 is 0 Å². The van der Waals surface area contributed by atoms with Gasteiger partial charge in [0, 0.05) is 10.0 Å². The van der Waals surface area contributed by atoms with Crippen molar-refractivity contribution in [3.63, 3.8) is 0 Å². The normalized spacial score (nSPS) is 10.7. The second-order valence-corrected chi connectivity index (χ2v) is 6.75. The average molecular weight is 503 g/mol. The van der Waals surface area contributed by atoms with E-state index < -0.39 is 0 Å². The highest BCUT2D eigenvalue weighted by Gasteiger charge is 2.10. The van der Waals surface area contributed by atoms with Crippen LogP contribution in [-0.2, 0) is 0 Å². The molecule has 0 aromatic heterocycles. The zero-order valence-corrected chi connectivity index (χ0v) is 16.9. The molecule has 1 amide bonds. The zero-order valence-electron chi connectivity index (χ0n) is 13.2. The molecule has 0 fully saturated rings. The molecule has 0 bridgehead atoms. The third kappa shape index (κ3) is 4.94. The first-order chi connectivity index (χ1) is 11.5. The topological polar surface area (TPSA) is 59.9 Å². The summed E-state index contributed by atoms with van der Waals surface area (Å²) in [6, 6.07) is 10.8. The molecule has 0 radical (unpaired) electrons. The Morgan fingerprint density at radius 3 is 2.67 bits per heavy atom. The number of halogens is 2. The van der Waals surface area contributed by atoms with Gasteiger partial charge in [-0.05, 0) is 71.5 Å². The van der Waals surface area contributed by atoms with Gasteiger partial charge in [-0.25, -0.2) is 5.43 Å². The highest BCUT2D eigenvalue weighted by atomic mass is 127. The molecule has 2 aromatic rings. The molecular formula is C17H16BrIN2O3. The van der Waals surface area contributed by atoms with Crippen LogP contribution in [0, 0.1) is 3.57 Å². The van der Waals surface area contributed by atoms with Gasteiger partial charge in [0.1, 0.15) is 0 Å². The van der Waals surface area contributed by atoms with E-state index in [4.69, 9.17) is 9.47 Å². The molecule has 0 aliphatic carbocycles. The molecule has 0 aliphatic rings. The van der Waals surface area contributed by atoms with E-state index in [1.54, 1.807) is 37.6 Å². The number of nitrogens with zero attached hydrogens (tertiary/aromatic N) is 1. The van der Waals surface area contributed by atoms with Gasteiger partial charge in [0.2, 0.25) is 0 Å². The zero-order chi connectivity index (χ0) is 17.5. The first kappa shape index (κ1) is 18.7. The maximum Gasteiger partial charge on any atom is 0.271 e. The number of hydrogen-bond donors (Lipinski definition) is 1. The largest absolute Gasteiger partial charge is 0.492 e. The van der Waals surface area contributed by atoms with Crippen molar-refractivity contribution >= 4 is 50.6 Å². The van der Waals surface area contributed by atoms with Gasteiger partial charge in [0.05, 0.1) is 23.5 Å². The maximum atomic E-state index is 12.0. The lowest BCUT2D eigenvalue weighted by Crippen LogP contribution is -2.17. The summed E-state index contributed by atoms with van der Waals surface area (Å²) < 4.78 is 12.7. The number of benzene rings is 2. The average Bonchev–Trinajstić information content (AvgIpc) is 2.55. The predicted octanol–water partition coefficient (Wildman–Crippen LogP) is 4.22. The standard InChI is InChI=1S/C17H16BrIN2O3/c1-3-24-15-9-11(8-14(19)16(15)23-2)10-20-21-17(22)12-4-6-13(18)7-5-12/h4-10H,3H2,1-2H3,(H,21,22)/b20-10-. The summed E-state index contributed by atoms with van der Waals surface area (Å²) in [5, 5.41) is 4.00. The Morgan fingerprint density at radius 1 is 1.33 bits per heavy atom.